The number of rotatable bonds is 11. The van der Waals surface area contributed by atoms with Crippen molar-refractivity contribution in [1.29, 1.82) is 0 Å². The number of nitrogens with one attached hydrogen (secondary N) is 1. The molecule has 0 aliphatic carbocycles. The van der Waals surface area contributed by atoms with Gasteiger partial charge in [-0.3, -0.25) is 10.2 Å². The van der Waals surface area contributed by atoms with Gasteiger partial charge in [0.1, 0.15) is 6.61 Å². The van der Waals surface area contributed by atoms with E-state index in [1.807, 2.05) is 6.92 Å². The number of anilines is 1. The van der Waals surface area contributed by atoms with Crippen molar-refractivity contribution in [2.24, 2.45) is 5.10 Å². The van der Waals surface area contributed by atoms with Crippen molar-refractivity contribution in [1.82, 2.24) is 4.98 Å². The average molecular weight is 472 g/mol. The zero-order chi connectivity index (χ0) is 20.4. The van der Waals surface area contributed by atoms with Crippen LogP contribution in [0.2, 0.25) is 0 Å². The lowest BCUT2D eigenvalue weighted by molar-refractivity contribution is -0.142. The Morgan fingerprint density at radius 3 is 2.82 bits per heavy atom. The van der Waals surface area contributed by atoms with E-state index in [1.165, 1.54) is 11.3 Å². The zero-order valence-corrected chi connectivity index (χ0v) is 18.0. The molecular formula is C18H22BrN3O5S. The van der Waals surface area contributed by atoms with Gasteiger partial charge >= 0.3 is 5.97 Å². The molecule has 10 heteroatoms. The summed E-state index contributed by atoms with van der Waals surface area (Å²) >= 11 is 4.82. The number of hydrazone groups is 1. The van der Waals surface area contributed by atoms with Gasteiger partial charge in [-0.05, 0) is 41.9 Å². The fourth-order valence-electron chi connectivity index (χ4n) is 2.14. The first-order valence-electron chi connectivity index (χ1n) is 8.66. The van der Waals surface area contributed by atoms with Gasteiger partial charge in [-0.15, -0.1) is 11.3 Å². The average Bonchev–Trinajstić information content (AvgIpc) is 3.10. The second kappa shape index (κ2) is 11.6. The van der Waals surface area contributed by atoms with Crippen molar-refractivity contribution in [2.75, 3.05) is 31.9 Å². The molecule has 1 aromatic heterocycles. The number of aromatic nitrogens is 1. The number of benzene rings is 1. The number of carbonyl (C=O) groups is 1. The van der Waals surface area contributed by atoms with Crippen molar-refractivity contribution in [2.45, 2.75) is 20.3 Å². The van der Waals surface area contributed by atoms with Gasteiger partial charge in [0.05, 0.1) is 38.1 Å². The van der Waals surface area contributed by atoms with E-state index in [0.717, 1.165) is 10.0 Å². The molecule has 0 saturated carbocycles. The highest BCUT2D eigenvalue weighted by Crippen LogP contribution is 2.33. The molecule has 0 atom stereocenters. The molecule has 2 N–H and O–H groups in total. The summed E-state index contributed by atoms with van der Waals surface area (Å²) in [5, 5.41) is 15.5. The van der Waals surface area contributed by atoms with E-state index >= 15 is 0 Å². The molecule has 8 nitrogen and oxygen atoms in total. The van der Waals surface area contributed by atoms with Crippen LogP contribution in [0.5, 0.6) is 11.5 Å². The van der Waals surface area contributed by atoms with Crippen LogP contribution in [0.25, 0.3) is 0 Å². The SMILES string of the molecule is CCOC(=O)Cc1csc(NN=Cc2cc(OCC)c(OCCO)cc2Br)n1. The quantitative estimate of drug-likeness (QED) is 0.294. The van der Waals surface area contributed by atoms with Crippen molar-refractivity contribution in [3.8, 4) is 11.5 Å². The maximum absolute atomic E-state index is 11.5. The zero-order valence-electron chi connectivity index (χ0n) is 15.6. The second-order valence-electron chi connectivity index (χ2n) is 5.32. The largest absolute Gasteiger partial charge is 0.490 e. The number of nitrogens with zero attached hydrogens (tertiary/aromatic N) is 2. The number of hydrogen-bond donors (Lipinski definition) is 2. The summed E-state index contributed by atoms with van der Waals surface area (Å²) in [4.78, 5) is 15.8. The van der Waals surface area contributed by atoms with Gasteiger partial charge < -0.3 is 19.3 Å². The monoisotopic (exact) mass is 471 g/mol. The molecule has 1 aromatic carbocycles. The first kappa shape index (κ1) is 22.1. The molecule has 0 unspecified atom stereocenters. The van der Waals surface area contributed by atoms with Gasteiger partial charge in [0.15, 0.2) is 11.5 Å². The maximum Gasteiger partial charge on any atom is 0.311 e. The van der Waals surface area contributed by atoms with Crippen LogP contribution in [0.3, 0.4) is 0 Å². The van der Waals surface area contributed by atoms with Crippen molar-refractivity contribution in [3.63, 3.8) is 0 Å². The number of thiazole rings is 1. The molecule has 2 rings (SSSR count). The molecule has 0 spiro atoms. The number of halogens is 1. The Kier molecular flexibility index (Phi) is 9.18. The molecule has 0 fully saturated rings. The van der Waals surface area contributed by atoms with Gasteiger partial charge in [0.2, 0.25) is 5.13 Å². The van der Waals surface area contributed by atoms with Crippen LogP contribution < -0.4 is 14.9 Å². The van der Waals surface area contributed by atoms with Crippen LogP contribution >= 0.6 is 27.3 Å². The summed E-state index contributed by atoms with van der Waals surface area (Å²) in [7, 11) is 0. The Morgan fingerprint density at radius 1 is 1.32 bits per heavy atom. The van der Waals surface area contributed by atoms with E-state index < -0.39 is 0 Å². The summed E-state index contributed by atoms with van der Waals surface area (Å²) < 4.78 is 16.7. The van der Waals surface area contributed by atoms with E-state index in [1.54, 1.807) is 30.7 Å². The van der Waals surface area contributed by atoms with Crippen LogP contribution in [-0.4, -0.2) is 48.7 Å². The molecule has 0 amide bonds. The third kappa shape index (κ3) is 6.77. The van der Waals surface area contributed by atoms with Crippen molar-refractivity contribution in [3.05, 3.63) is 33.2 Å². The number of aliphatic hydroxyl groups excluding tert-OH is 1. The molecule has 0 aliphatic rings. The fraction of sp³-hybridized carbons (Fsp3) is 0.389. The maximum atomic E-state index is 11.5. The number of esters is 1. The fourth-order valence-corrected chi connectivity index (χ4v) is 3.23. The Labute approximate surface area is 175 Å². The minimum Gasteiger partial charge on any atom is -0.490 e. The number of hydrogen-bond acceptors (Lipinski definition) is 9. The molecule has 152 valence electrons. The Bertz CT molecular complexity index is 813. The lowest BCUT2D eigenvalue weighted by Gasteiger charge is -2.13. The molecule has 0 bridgehead atoms. The number of carbonyl (C=O) groups excluding carboxylic acids is 1. The van der Waals surface area contributed by atoms with Gasteiger partial charge in [0, 0.05) is 15.4 Å². The minimum absolute atomic E-state index is 0.0811. The first-order chi connectivity index (χ1) is 13.6. The number of aliphatic hydroxyl groups is 1. The highest BCUT2D eigenvalue weighted by molar-refractivity contribution is 9.10. The predicted molar refractivity (Wildman–Crippen MR) is 112 cm³/mol. The first-order valence-corrected chi connectivity index (χ1v) is 10.3. The smallest absolute Gasteiger partial charge is 0.311 e. The summed E-state index contributed by atoms with van der Waals surface area (Å²) in [6.45, 7) is 4.57. The van der Waals surface area contributed by atoms with Crippen LogP contribution in [0.1, 0.15) is 25.1 Å². The summed E-state index contributed by atoms with van der Waals surface area (Å²) in [6, 6.07) is 3.56. The highest BCUT2D eigenvalue weighted by Gasteiger charge is 2.11. The third-order valence-electron chi connectivity index (χ3n) is 3.26. The summed E-state index contributed by atoms with van der Waals surface area (Å²) in [5.41, 5.74) is 4.25. The van der Waals surface area contributed by atoms with Gasteiger partial charge in [-0.25, -0.2) is 4.98 Å². The van der Waals surface area contributed by atoms with Crippen LogP contribution in [0, 0.1) is 0 Å². The Balaban J connectivity index is 2.04. The van der Waals surface area contributed by atoms with E-state index in [4.69, 9.17) is 19.3 Å². The molecule has 0 saturated heterocycles. The second-order valence-corrected chi connectivity index (χ2v) is 7.03. The molecular weight excluding hydrogens is 450 g/mol. The molecule has 1 heterocycles. The normalized spacial score (nSPS) is 10.9. The number of ether oxygens (including phenoxy) is 3. The Morgan fingerprint density at radius 2 is 2.11 bits per heavy atom. The molecule has 0 radical (unpaired) electrons. The summed E-state index contributed by atoms with van der Waals surface area (Å²) in [6.07, 6.45) is 1.75. The summed E-state index contributed by atoms with van der Waals surface area (Å²) in [5.74, 6) is 0.793. The van der Waals surface area contributed by atoms with Crippen LogP contribution in [-0.2, 0) is 16.0 Å². The van der Waals surface area contributed by atoms with E-state index in [2.05, 4.69) is 31.4 Å². The van der Waals surface area contributed by atoms with Crippen molar-refractivity contribution >= 4 is 44.6 Å². The highest BCUT2D eigenvalue weighted by atomic mass is 79.9. The van der Waals surface area contributed by atoms with E-state index in [0.29, 0.717) is 35.5 Å². The van der Waals surface area contributed by atoms with Gasteiger partial charge in [-0.1, -0.05) is 0 Å². The Hall–Kier alpha value is -2.17. The van der Waals surface area contributed by atoms with E-state index in [9.17, 15) is 4.79 Å². The van der Waals surface area contributed by atoms with Crippen LogP contribution in [0.4, 0.5) is 5.13 Å². The lowest BCUT2D eigenvalue weighted by atomic mass is 10.2. The van der Waals surface area contributed by atoms with Crippen molar-refractivity contribution < 1.29 is 24.1 Å². The van der Waals surface area contributed by atoms with E-state index in [-0.39, 0.29) is 25.6 Å². The molecule has 28 heavy (non-hydrogen) atoms. The van der Waals surface area contributed by atoms with Gasteiger partial charge in [0.25, 0.3) is 0 Å². The third-order valence-corrected chi connectivity index (χ3v) is 4.74. The minimum atomic E-state index is -0.307. The van der Waals surface area contributed by atoms with Gasteiger partial charge in [-0.2, -0.15) is 5.10 Å². The standard InChI is InChI=1S/C18H22BrN3O5S/c1-3-25-15-7-12(14(19)9-16(15)27-6-5-23)10-20-22-18-21-13(11-28-18)8-17(24)26-4-2/h7,9-11,23H,3-6,8H2,1-2H3,(H,21,22). The van der Waals surface area contributed by atoms with Crippen LogP contribution in [0.15, 0.2) is 27.1 Å². The molecule has 0 aliphatic heterocycles. The predicted octanol–water partition coefficient (Wildman–Crippen LogP) is 3.23. The topological polar surface area (TPSA) is 102 Å². The molecule has 2 aromatic rings. The lowest BCUT2D eigenvalue weighted by Crippen LogP contribution is -2.07.